The first kappa shape index (κ1) is 44.2. The summed E-state index contributed by atoms with van der Waals surface area (Å²) in [4.78, 5) is 32.4. The number of rotatable bonds is 7. The molecule has 4 aliphatic heterocycles. The third-order valence-corrected chi connectivity index (χ3v) is 11.9. The Morgan fingerprint density at radius 2 is 1.74 bits per heavy atom. The number of esters is 1. The zero-order valence-electron chi connectivity index (χ0n) is 34.6. The van der Waals surface area contributed by atoms with Gasteiger partial charge in [0.05, 0.1) is 37.1 Å². The molecule has 54 heavy (non-hydrogen) atoms. The monoisotopic (exact) mass is 756 g/mol. The molecule has 0 unspecified atom stereocenters. The highest BCUT2D eigenvalue weighted by atomic mass is 16.7. The fourth-order valence-corrected chi connectivity index (χ4v) is 8.55. The normalized spacial score (nSPS) is 40.6. The van der Waals surface area contributed by atoms with Crippen LogP contribution in [0, 0.1) is 17.8 Å². The number of benzene rings is 1. The van der Waals surface area contributed by atoms with Crippen molar-refractivity contribution in [3.8, 4) is 0 Å². The Bertz CT molecular complexity index is 1430. The number of ether oxygens (including phenoxy) is 5. The highest BCUT2D eigenvalue weighted by Gasteiger charge is 2.51. The molecule has 0 spiro atoms. The largest absolute Gasteiger partial charge is 0.459 e. The van der Waals surface area contributed by atoms with Crippen molar-refractivity contribution in [1.29, 1.82) is 0 Å². The molecule has 0 amide bonds. The molecule has 2 bridgehead atoms. The van der Waals surface area contributed by atoms with Crippen LogP contribution in [-0.4, -0.2) is 133 Å². The van der Waals surface area contributed by atoms with Gasteiger partial charge < -0.3 is 43.7 Å². The minimum absolute atomic E-state index is 0.0786. The maximum Gasteiger partial charge on any atom is 0.316 e. The standard InChI is InChI=1S/C43H68N2O9/c1-12-35-43(8,49)38-27(2)24-45(11)28(3)23-42(7,51-26-33(25-50-38)21-17-16-20-32-18-14-13-15-19-32)39(30(5)36(46)31(6)40(48)53-35)54-41-37(47)34(44(9)10)22-29(4)52-41/h13-16,18-21,27-31,34-35,37-39,41,47,49H,12,17,22-26H2,1-11H3/b20-16+,33-21+/t27-,28+,29+,30-,31+,34-,35+,37+,38-,39+,41-,42+,43+/m0/s1. The van der Waals surface area contributed by atoms with Gasteiger partial charge in [0.2, 0.25) is 0 Å². The van der Waals surface area contributed by atoms with Crippen LogP contribution in [0.5, 0.6) is 0 Å². The molecule has 4 saturated heterocycles. The van der Waals surface area contributed by atoms with Crippen molar-refractivity contribution < 1.29 is 43.5 Å². The van der Waals surface area contributed by atoms with E-state index < -0.39 is 59.7 Å². The van der Waals surface area contributed by atoms with Crippen LogP contribution in [0.2, 0.25) is 0 Å². The predicted octanol–water partition coefficient (Wildman–Crippen LogP) is 5.28. The summed E-state index contributed by atoms with van der Waals surface area (Å²) < 4.78 is 32.9. The Hall–Kier alpha value is -2.48. The second kappa shape index (κ2) is 19.1. The Morgan fingerprint density at radius 3 is 2.39 bits per heavy atom. The Morgan fingerprint density at radius 1 is 1.06 bits per heavy atom. The topological polar surface area (TPSA) is 127 Å². The van der Waals surface area contributed by atoms with Crippen LogP contribution in [0.4, 0.5) is 0 Å². The first-order valence-corrected chi connectivity index (χ1v) is 19.9. The van der Waals surface area contributed by atoms with Crippen molar-refractivity contribution in [3.05, 3.63) is 53.6 Å². The van der Waals surface area contributed by atoms with Crippen molar-refractivity contribution in [2.75, 3.05) is 40.9 Å². The van der Waals surface area contributed by atoms with Crippen LogP contribution < -0.4 is 0 Å². The van der Waals surface area contributed by atoms with Gasteiger partial charge in [-0.05, 0) is 98.5 Å². The molecule has 1 aromatic rings. The van der Waals surface area contributed by atoms with E-state index in [-0.39, 0.29) is 43.1 Å². The summed E-state index contributed by atoms with van der Waals surface area (Å²) in [7, 11) is 5.86. The number of hydrogen-bond donors (Lipinski definition) is 2. The number of nitrogens with zero attached hydrogens (tertiary/aromatic N) is 2. The molecule has 0 radical (unpaired) electrons. The zero-order valence-corrected chi connectivity index (χ0v) is 34.6. The molecule has 304 valence electrons. The molecule has 4 heterocycles. The van der Waals surface area contributed by atoms with E-state index in [0.717, 1.165) is 11.1 Å². The van der Waals surface area contributed by atoms with Gasteiger partial charge in [0.25, 0.3) is 0 Å². The van der Waals surface area contributed by atoms with Crippen molar-refractivity contribution in [2.24, 2.45) is 17.8 Å². The number of carbonyl (C=O) groups is 2. The lowest BCUT2D eigenvalue weighted by Crippen LogP contribution is -2.60. The molecule has 11 nitrogen and oxygen atoms in total. The molecular weight excluding hydrogens is 688 g/mol. The first-order valence-electron chi connectivity index (χ1n) is 19.9. The summed E-state index contributed by atoms with van der Waals surface area (Å²) in [5, 5.41) is 23.9. The fourth-order valence-electron chi connectivity index (χ4n) is 8.55. The highest BCUT2D eigenvalue weighted by molar-refractivity contribution is 6.00. The predicted molar refractivity (Wildman–Crippen MR) is 210 cm³/mol. The van der Waals surface area contributed by atoms with Crippen LogP contribution in [0.15, 0.2) is 48.1 Å². The van der Waals surface area contributed by atoms with E-state index in [1.807, 2.05) is 84.1 Å². The molecule has 4 fully saturated rings. The van der Waals surface area contributed by atoms with Crippen molar-refractivity contribution in [1.82, 2.24) is 9.80 Å². The van der Waals surface area contributed by atoms with Crippen molar-refractivity contribution in [2.45, 2.75) is 141 Å². The summed E-state index contributed by atoms with van der Waals surface area (Å²) in [6.07, 6.45) is 3.35. The number of allylic oxidation sites excluding steroid dienone is 2. The van der Waals surface area contributed by atoms with Crippen molar-refractivity contribution >= 4 is 17.8 Å². The summed E-state index contributed by atoms with van der Waals surface area (Å²) in [5.74, 6) is -3.32. The van der Waals surface area contributed by atoms with Crippen LogP contribution in [0.3, 0.4) is 0 Å². The minimum atomic E-state index is -1.58. The van der Waals surface area contributed by atoms with Gasteiger partial charge in [-0.2, -0.15) is 0 Å². The number of carbonyl (C=O) groups excluding carboxylic acids is 2. The summed E-state index contributed by atoms with van der Waals surface area (Å²) in [5.41, 5.74) is -0.744. The van der Waals surface area contributed by atoms with E-state index >= 15 is 0 Å². The zero-order chi connectivity index (χ0) is 40.0. The van der Waals surface area contributed by atoms with Crippen LogP contribution in [0.25, 0.3) is 6.08 Å². The minimum Gasteiger partial charge on any atom is -0.459 e. The van der Waals surface area contributed by atoms with E-state index in [1.54, 1.807) is 20.8 Å². The number of Topliss-reactive ketones (excluding diaryl/α,β-unsaturated/α-hetero) is 1. The molecule has 11 heteroatoms. The van der Waals surface area contributed by atoms with Gasteiger partial charge >= 0.3 is 5.97 Å². The fraction of sp³-hybridized carbons (Fsp3) is 0.721. The molecule has 1 aromatic carbocycles. The number of ketones is 1. The van der Waals surface area contributed by atoms with Gasteiger partial charge in [-0.1, -0.05) is 69.3 Å². The summed E-state index contributed by atoms with van der Waals surface area (Å²) >= 11 is 0. The average Bonchev–Trinajstić information content (AvgIpc) is 3.12. The van der Waals surface area contributed by atoms with Crippen LogP contribution >= 0.6 is 0 Å². The molecule has 13 atom stereocenters. The van der Waals surface area contributed by atoms with Gasteiger partial charge in [-0.25, -0.2) is 0 Å². The Kier molecular flexibility index (Phi) is 15.7. The Balaban J connectivity index is 1.86. The molecule has 2 N–H and O–H groups in total. The molecule has 5 rings (SSSR count). The maximum absolute atomic E-state index is 14.4. The first-order chi connectivity index (χ1) is 25.4. The lowest BCUT2D eigenvalue weighted by molar-refractivity contribution is -0.297. The molecular formula is C43H68N2O9. The number of aliphatic hydroxyl groups excluding tert-OH is 1. The van der Waals surface area contributed by atoms with E-state index in [1.165, 1.54) is 0 Å². The lowest BCUT2D eigenvalue weighted by atomic mass is 9.79. The quantitative estimate of drug-likeness (QED) is 0.215. The summed E-state index contributed by atoms with van der Waals surface area (Å²) in [6.45, 7) is 15.8. The maximum atomic E-state index is 14.4. The van der Waals surface area contributed by atoms with Gasteiger partial charge in [-0.3, -0.25) is 9.59 Å². The second-order valence-electron chi connectivity index (χ2n) is 16.8. The van der Waals surface area contributed by atoms with E-state index in [0.29, 0.717) is 32.2 Å². The van der Waals surface area contributed by atoms with Gasteiger partial charge in [0.1, 0.15) is 23.7 Å². The average molecular weight is 757 g/mol. The van der Waals surface area contributed by atoms with Crippen molar-refractivity contribution in [3.63, 3.8) is 0 Å². The number of aliphatic hydroxyl groups is 2. The van der Waals surface area contributed by atoms with Gasteiger partial charge in [0.15, 0.2) is 12.1 Å². The highest BCUT2D eigenvalue weighted by Crippen LogP contribution is 2.38. The molecule has 4 aliphatic rings. The SMILES string of the molecule is CC[C@H]1OC(=O)[C@H](C)C(=O)[C@H](C)[C@@H](O[C@@H]2O[C@H](C)C[C@H](N(C)C)[C@H]2O)[C@@]2(C)C[C@@H](C)N(C)C[C@H](C)[C@H](OC/C(=C\C/C=C/c3ccccc3)CO2)[C@]1(C)O. The van der Waals surface area contributed by atoms with Gasteiger partial charge in [-0.15, -0.1) is 0 Å². The van der Waals surface area contributed by atoms with Crippen LogP contribution in [0.1, 0.15) is 86.6 Å². The summed E-state index contributed by atoms with van der Waals surface area (Å²) in [6, 6.07) is 9.77. The second-order valence-corrected chi connectivity index (χ2v) is 16.8. The number of fused-ring (bicyclic) bond motifs is 15. The van der Waals surface area contributed by atoms with Gasteiger partial charge in [0, 0.05) is 24.5 Å². The third kappa shape index (κ3) is 10.7. The molecule has 0 aromatic heterocycles. The lowest BCUT2D eigenvalue weighted by Gasteiger charge is -2.48. The molecule has 0 saturated carbocycles. The number of hydrogen-bond acceptors (Lipinski definition) is 11. The third-order valence-electron chi connectivity index (χ3n) is 11.9. The molecule has 0 aliphatic carbocycles. The smallest absolute Gasteiger partial charge is 0.316 e. The van der Waals surface area contributed by atoms with E-state index in [9.17, 15) is 19.8 Å². The van der Waals surface area contributed by atoms with E-state index in [2.05, 4.69) is 30.1 Å². The van der Waals surface area contributed by atoms with Crippen LogP contribution in [-0.2, 0) is 33.3 Å². The number of likely N-dealkylation sites (N-methyl/N-ethyl adjacent to an activating group) is 1. The Labute approximate surface area is 324 Å². The van der Waals surface area contributed by atoms with E-state index in [4.69, 9.17) is 23.7 Å².